The number of ketones is 1. The van der Waals surface area contributed by atoms with E-state index in [2.05, 4.69) is 5.32 Å². The van der Waals surface area contributed by atoms with Crippen LogP contribution in [0.25, 0.3) is 0 Å². The van der Waals surface area contributed by atoms with E-state index in [9.17, 15) is 18.8 Å². The molecule has 1 N–H and O–H groups in total. The highest BCUT2D eigenvalue weighted by Crippen LogP contribution is 2.20. The molecule has 0 bridgehead atoms. The monoisotopic (exact) mass is 389 g/mol. The number of carbonyl (C=O) groups is 3. The number of nitrogens with one attached hydrogen (secondary N) is 1. The van der Waals surface area contributed by atoms with Crippen molar-refractivity contribution in [3.63, 3.8) is 0 Å². The largest absolute Gasteiger partial charge is 0.455 e. The lowest BCUT2D eigenvalue weighted by Gasteiger charge is -2.16. The lowest BCUT2D eigenvalue weighted by atomic mass is 10.0. The van der Waals surface area contributed by atoms with Crippen LogP contribution in [0.3, 0.4) is 0 Å². The number of carbonyl (C=O) groups excluding carboxylic acids is 3. The molecule has 0 unspecified atom stereocenters. The van der Waals surface area contributed by atoms with Gasteiger partial charge in [0, 0.05) is 4.90 Å². The lowest BCUT2D eigenvalue weighted by molar-refractivity contribution is -0.146. The molecule has 0 saturated carbocycles. The van der Waals surface area contributed by atoms with E-state index in [1.165, 1.54) is 13.0 Å². The maximum Gasteiger partial charge on any atom is 0.316 e. The normalized spacial score (nSPS) is 11.5. The van der Waals surface area contributed by atoms with E-state index in [1.807, 2.05) is 30.3 Å². The van der Waals surface area contributed by atoms with Crippen LogP contribution in [0.1, 0.15) is 12.5 Å². The summed E-state index contributed by atoms with van der Waals surface area (Å²) < 4.78 is 18.4. The van der Waals surface area contributed by atoms with Crippen molar-refractivity contribution in [1.29, 1.82) is 0 Å². The van der Waals surface area contributed by atoms with Gasteiger partial charge in [-0.15, -0.1) is 11.8 Å². The summed E-state index contributed by atoms with van der Waals surface area (Å²) in [6, 6.07) is 14.7. The Balaban J connectivity index is 1.77. The number of esters is 1. The third-order valence-corrected chi connectivity index (χ3v) is 4.68. The van der Waals surface area contributed by atoms with Crippen LogP contribution in [0.15, 0.2) is 59.5 Å². The van der Waals surface area contributed by atoms with E-state index in [0.717, 1.165) is 17.3 Å². The Labute approximate surface area is 161 Å². The number of hydrogen-bond donors (Lipinski definition) is 1. The quantitative estimate of drug-likeness (QED) is 0.527. The predicted molar refractivity (Wildman–Crippen MR) is 101 cm³/mol. The minimum absolute atomic E-state index is 0.117. The molecule has 27 heavy (non-hydrogen) atoms. The Morgan fingerprint density at radius 1 is 1.07 bits per heavy atom. The highest BCUT2D eigenvalue weighted by atomic mass is 32.2. The molecule has 0 saturated heterocycles. The van der Waals surface area contributed by atoms with Gasteiger partial charge in [-0.25, -0.2) is 4.39 Å². The van der Waals surface area contributed by atoms with Crippen LogP contribution in [0.5, 0.6) is 0 Å². The van der Waals surface area contributed by atoms with Crippen molar-refractivity contribution < 1.29 is 23.5 Å². The zero-order valence-electron chi connectivity index (χ0n) is 14.8. The van der Waals surface area contributed by atoms with Gasteiger partial charge >= 0.3 is 5.97 Å². The fourth-order valence-electron chi connectivity index (χ4n) is 2.27. The summed E-state index contributed by atoms with van der Waals surface area (Å²) in [4.78, 5) is 35.8. The van der Waals surface area contributed by atoms with Gasteiger partial charge in [-0.2, -0.15) is 0 Å². The summed E-state index contributed by atoms with van der Waals surface area (Å²) >= 11 is 0.992. The first-order valence-electron chi connectivity index (χ1n) is 8.32. The van der Waals surface area contributed by atoms with Crippen molar-refractivity contribution in [3.8, 4) is 0 Å². The molecule has 2 rings (SSSR count). The number of rotatable bonds is 9. The molecule has 142 valence electrons. The van der Waals surface area contributed by atoms with Gasteiger partial charge in [0.05, 0.1) is 11.8 Å². The topological polar surface area (TPSA) is 72.5 Å². The number of halogens is 1. The Kier molecular flexibility index (Phi) is 8.00. The van der Waals surface area contributed by atoms with E-state index in [-0.39, 0.29) is 11.5 Å². The number of Topliss-reactive ketones (excluding diaryl/α,β-unsaturated/α-hetero) is 1. The number of ether oxygens (including phenoxy) is 1. The van der Waals surface area contributed by atoms with Gasteiger partial charge in [0.2, 0.25) is 0 Å². The second kappa shape index (κ2) is 10.5. The minimum Gasteiger partial charge on any atom is -0.455 e. The van der Waals surface area contributed by atoms with Gasteiger partial charge in [-0.05, 0) is 31.0 Å². The maximum absolute atomic E-state index is 13.5. The van der Waals surface area contributed by atoms with Gasteiger partial charge in [0.15, 0.2) is 12.4 Å². The second-order valence-corrected chi connectivity index (χ2v) is 6.82. The van der Waals surface area contributed by atoms with Crippen LogP contribution in [0, 0.1) is 5.82 Å². The summed E-state index contributed by atoms with van der Waals surface area (Å²) in [6.45, 7) is 0.903. The highest BCUT2D eigenvalue weighted by Gasteiger charge is 2.18. The fraction of sp³-hybridized carbons (Fsp3) is 0.250. The van der Waals surface area contributed by atoms with Crippen LogP contribution >= 0.6 is 11.8 Å². The van der Waals surface area contributed by atoms with Gasteiger partial charge < -0.3 is 10.1 Å². The van der Waals surface area contributed by atoms with Crippen molar-refractivity contribution in [3.05, 3.63) is 66.0 Å². The Hall–Kier alpha value is -2.67. The highest BCUT2D eigenvalue weighted by molar-refractivity contribution is 8.00. The minimum atomic E-state index is -0.689. The van der Waals surface area contributed by atoms with Gasteiger partial charge in [-0.1, -0.05) is 42.5 Å². The van der Waals surface area contributed by atoms with E-state index in [1.54, 1.807) is 18.2 Å². The predicted octanol–water partition coefficient (Wildman–Crippen LogP) is 2.78. The summed E-state index contributed by atoms with van der Waals surface area (Å²) in [5.41, 5.74) is 0.913. The molecule has 1 amide bonds. The first-order valence-corrected chi connectivity index (χ1v) is 9.31. The summed E-state index contributed by atoms with van der Waals surface area (Å²) in [5, 5.41) is 2.57. The Bertz CT molecular complexity index is 798. The van der Waals surface area contributed by atoms with Crippen LogP contribution < -0.4 is 5.32 Å². The molecule has 7 heteroatoms. The molecule has 1 atom stereocenters. The number of thioether (sulfide) groups is 1. The van der Waals surface area contributed by atoms with E-state index in [0.29, 0.717) is 11.3 Å². The van der Waals surface area contributed by atoms with Gasteiger partial charge in [0.25, 0.3) is 5.91 Å². The molecular formula is C20H20FNO4S. The molecule has 0 fully saturated rings. The molecule has 5 nitrogen and oxygen atoms in total. The van der Waals surface area contributed by atoms with Crippen LogP contribution in [0.4, 0.5) is 4.39 Å². The summed E-state index contributed by atoms with van der Waals surface area (Å²) in [5.74, 6) is -1.92. The maximum atomic E-state index is 13.5. The van der Waals surface area contributed by atoms with E-state index in [4.69, 9.17) is 4.74 Å². The molecule has 0 aliphatic rings. The third kappa shape index (κ3) is 7.22. The van der Waals surface area contributed by atoms with E-state index < -0.39 is 30.3 Å². The van der Waals surface area contributed by atoms with Crippen LogP contribution in [-0.2, 0) is 25.5 Å². The van der Waals surface area contributed by atoms with Crippen molar-refractivity contribution in [2.24, 2.45) is 0 Å². The number of hydrogen-bond acceptors (Lipinski definition) is 5. The molecule has 0 aliphatic heterocycles. The summed E-state index contributed by atoms with van der Waals surface area (Å²) in [7, 11) is 0. The molecule has 0 radical (unpaired) electrons. The van der Waals surface area contributed by atoms with Crippen molar-refractivity contribution in [1.82, 2.24) is 5.32 Å². The fourth-order valence-corrected chi connectivity index (χ4v) is 3.01. The Morgan fingerprint density at radius 3 is 2.41 bits per heavy atom. The molecule has 0 aromatic heterocycles. The zero-order chi connectivity index (χ0) is 19.6. The summed E-state index contributed by atoms with van der Waals surface area (Å²) in [6.07, 6.45) is 0.360. The van der Waals surface area contributed by atoms with Crippen LogP contribution in [0.2, 0.25) is 0 Å². The van der Waals surface area contributed by atoms with Crippen molar-refractivity contribution in [2.75, 3.05) is 12.4 Å². The number of benzene rings is 2. The van der Waals surface area contributed by atoms with Crippen LogP contribution in [-0.4, -0.2) is 36.1 Å². The molecular weight excluding hydrogens is 369 g/mol. The average molecular weight is 389 g/mol. The second-order valence-electron chi connectivity index (χ2n) is 5.80. The molecule has 2 aromatic rings. The molecule has 0 spiro atoms. The zero-order valence-corrected chi connectivity index (χ0v) is 15.6. The Morgan fingerprint density at radius 2 is 1.74 bits per heavy atom. The van der Waals surface area contributed by atoms with Crippen molar-refractivity contribution >= 4 is 29.4 Å². The molecule has 0 aliphatic carbocycles. The molecule has 0 heterocycles. The molecule has 2 aromatic carbocycles. The SMILES string of the molecule is CC(=O)[C@H](Cc1ccccc1)NC(=O)COC(=O)CSc1ccccc1F. The third-order valence-electron chi connectivity index (χ3n) is 3.66. The smallest absolute Gasteiger partial charge is 0.316 e. The van der Waals surface area contributed by atoms with Crippen molar-refractivity contribution in [2.45, 2.75) is 24.3 Å². The first kappa shape index (κ1) is 20.6. The number of amides is 1. The van der Waals surface area contributed by atoms with E-state index >= 15 is 0 Å². The standard InChI is InChI=1S/C20H20FNO4S/c1-14(23)17(11-15-7-3-2-4-8-15)22-19(24)12-26-20(25)13-27-18-10-6-5-9-16(18)21/h2-10,17H,11-13H2,1H3,(H,22,24)/t17-/m0/s1. The van der Waals surface area contributed by atoms with Gasteiger partial charge in [0.1, 0.15) is 5.82 Å². The lowest BCUT2D eigenvalue weighted by Crippen LogP contribution is -2.43. The van der Waals surface area contributed by atoms with Gasteiger partial charge in [-0.3, -0.25) is 14.4 Å². The first-order chi connectivity index (χ1) is 13.0. The average Bonchev–Trinajstić information content (AvgIpc) is 2.66.